The van der Waals surface area contributed by atoms with Crippen molar-refractivity contribution >= 4 is 0 Å². The van der Waals surface area contributed by atoms with Crippen molar-refractivity contribution in [3.05, 3.63) is 96.8 Å². The number of imidazole rings is 1. The fourth-order valence-corrected chi connectivity index (χ4v) is 3.07. The van der Waals surface area contributed by atoms with Crippen molar-refractivity contribution in [2.75, 3.05) is 0 Å². The summed E-state index contributed by atoms with van der Waals surface area (Å²) in [5.41, 5.74) is 2.70. The molecule has 0 saturated carbocycles. The third-order valence-corrected chi connectivity index (χ3v) is 4.37. The van der Waals surface area contributed by atoms with E-state index in [1.54, 1.807) is 6.20 Å². The van der Waals surface area contributed by atoms with Crippen LogP contribution in [0, 0.1) is 0 Å². The summed E-state index contributed by atoms with van der Waals surface area (Å²) < 4.78 is 40.5. The number of rotatable bonds is 3. The Balaban J connectivity index is 1.81. The number of halogens is 3. The second-order valence-corrected chi connectivity index (χ2v) is 6.08. The van der Waals surface area contributed by atoms with E-state index in [1.165, 1.54) is 12.1 Å². The predicted octanol–water partition coefficient (Wildman–Crippen LogP) is 6.23. The maximum absolute atomic E-state index is 12.9. The lowest BCUT2D eigenvalue weighted by molar-refractivity contribution is -0.137. The molecule has 3 aromatic carbocycles. The summed E-state index contributed by atoms with van der Waals surface area (Å²) >= 11 is 0. The summed E-state index contributed by atoms with van der Waals surface area (Å²) in [5, 5.41) is 0. The second-order valence-electron chi connectivity index (χ2n) is 6.08. The lowest BCUT2D eigenvalue weighted by Gasteiger charge is -2.13. The molecule has 0 aliphatic carbocycles. The Labute approximate surface area is 154 Å². The number of hydrogen-bond donors (Lipinski definition) is 0. The van der Waals surface area contributed by atoms with Gasteiger partial charge < -0.3 is 0 Å². The standard InChI is InChI=1S/C22H15F3N2/c23-22(24,25)17-12-10-16(11-13-17)19-8-4-5-9-20(19)21-26-14-15-27(21)18-6-2-1-3-7-18/h1-15H. The molecular formula is C22H15F3N2. The number of para-hydroxylation sites is 1. The minimum absolute atomic E-state index is 0.658. The summed E-state index contributed by atoms with van der Waals surface area (Å²) in [4.78, 5) is 4.49. The van der Waals surface area contributed by atoms with Crippen LogP contribution in [-0.2, 0) is 6.18 Å². The molecule has 5 heteroatoms. The quantitative estimate of drug-likeness (QED) is 0.422. The molecule has 4 aromatic rings. The van der Waals surface area contributed by atoms with Crippen molar-refractivity contribution in [3.63, 3.8) is 0 Å². The van der Waals surface area contributed by atoms with E-state index in [0.717, 1.165) is 34.8 Å². The van der Waals surface area contributed by atoms with E-state index in [1.807, 2.05) is 65.4 Å². The molecule has 27 heavy (non-hydrogen) atoms. The van der Waals surface area contributed by atoms with Crippen molar-refractivity contribution in [2.45, 2.75) is 6.18 Å². The Morgan fingerprint density at radius 3 is 2.00 bits per heavy atom. The molecule has 0 spiro atoms. The predicted molar refractivity (Wildman–Crippen MR) is 99.4 cm³/mol. The summed E-state index contributed by atoms with van der Waals surface area (Å²) in [6.07, 6.45) is -0.762. The molecule has 4 rings (SSSR count). The number of benzene rings is 3. The van der Waals surface area contributed by atoms with Gasteiger partial charge in [0.1, 0.15) is 5.82 Å². The molecule has 0 aliphatic rings. The van der Waals surface area contributed by atoms with Crippen LogP contribution in [0.5, 0.6) is 0 Å². The van der Waals surface area contributed by atoms with E-state index in [4.69, 9.17) is 0 Å². The number of nitrogens with zero attached hydrogens (tertiary/aromatic N) is 2. The largest absolute Gasteiger partial charge is 0.416 e. The Hall–Kier alpha value is -3.34. The van der Waals surface area contributed by atoms with Crippen LogP contribution in [0.15, 0.2) is 91.3 Å². The highest BCUT2D eigenvalue weighted by molar-refractivity contribution is 5.81. The van der Waals surface area contributed by atoms with Gasteiger partial charge in [0, 0.05) is 23.6 Å². The van der Waals surface area contributed by atoms with Crippen LogP contribution >= 0.6 is 0 Å². The summed E-state index contributed by atoms with van der Waals surface area (Å²) in [7, 11) is 0. The molecule has 1 aromatic heterocycles. The van der Waals surface area contributed by atoms with E-state index in [-0.39, 0.29) is 0 Å². The van der Waals surface area contributed by atoms with Crippen LogP contribution in [0.25, 0.3) is 28.2 Å². The molecule has 134 valence electrons. The third kappa shape index (κ3) is 3.36. The topological polar surface area (TPSA) is 17.8 Å². The molecule has 1 heterocycles. The number of hydrogen-bond acceptors (Lipinski definition) is 1. The maximum atomic E-state index is 12.9. The fraction of sp³-hybridized carbons (Fsp3) is 0.0455. The highest BCUT2D eigenvalue weighted by Gasteiger charge is 2.30. The lowest BCUT2D eigenvalue weighted by Crippen LogP contribution is -2.04. The van der Waals surface area contributed by atoms with Gasteiger partial charge in [0.2, 0.25) is 0 Å². The lowest BCUT2D eigenvalue weighted by atomic mass is 9.98. The van der Waals surface area contributed by atoms with Crippen molar-refractivity contribution in [2.24, 2.45) is 0 Å². The van der Waals surface area contributed by atoms with Gasteiger partial charge in [-0.2, -0.15) is 13.2 Å². The molecule has 2 nitrogen and oxygen atoms in total. The molecule has 0 atom stereocenters. The molecule has 0 fully saturated rings. The summed E-state index contributed by atoms with van der Waals surface area (Å²) in [6, 6.07) is 22.6. The van der Waals surface area contributed by atoms with Gasteiger partial charge in [-0.25, -0.2) is 4.98 Å². The summed E-state index contributed by atoms with van der Waals surface area (Å²) in [5.74, 6) is 0.733. The van der Waals surface area contributed by atoms with Crippen LogP contribution < -0.4 is 0 Å². The Morgan fingerprint density at radius 2 is 1.33 bits per heavy atom. The minimum atomic E-state index is -4.35. The highest BCUT2D eigenvalue weighted by Crippen LogP contribution is 2.35. The van der Waals surface area contributed by atoms with Crippen LogP contribution in [0.2, 0.25) is 0 Å². The van der Waals surface area contributed by atoms with Gasteiger partial charge in [0.25, 0.3) is 0 Å². The number of aromatic nitrogens is 2. The van der Waals surface area contributed by atoms with Gasteiger partial charge in [0.05, 0.1) is 5.56 Å². The van der Waals surface area contributed by atoms with E-state index in [2.05, 4.69) is 4.98 Å². The average molecular weight is 364 g/mol. The maximum Gasteiger partial charge on any atom is 0.416 e. The van der Waals surface area contributed by atoms with Gasteiger partial charge in [-0.1, -0.05) is 54.6 Å². The average Bonchev–Trinajstić information content (AvgIpc) is 3.18. The first-order chi connectivity index (χ1) is 13.0. The van der Waals surface area contributed by atoms with Crippen molar-refractivity contribution in [3.8, 4) is 28.2 Å². The minimum Gasteiger partial charge on any atom is -0.300 e. The molecular weight excluding hydrogens is 349 g/mol. The van der Waals surface area contributed by atoms with Gasteiger partial charge in [-0.05, 0) is 35.4 Å². The number of alkyl halides is 3. The van der Waals surface area contributed by atoms with Crippen molar-refractivity contribution < 1.29 is 13.2 Å². The molecule has 0 N–H and O–H groups in total. The Morgan fingerprint density at radius 1 is 0.704 bits per heavy atom. The van der Waals surface area contributed by atoms with E-state index in [9.17, 15) is 13.2 Å². The van der Waals surface area contributed by atoms with Gasteiger partial charge in [-0.3, -0.25) is 4.57 Å². The van der Waals surface area contributed by atoms with E-state index >= 15 is 0 Å². The zero-order valence-electron chi connectivity index (χ0n) is 14.2. The zero-order chi connectivity index (χ0) is 18.9. The molecule has 0 saturated heterocycles. The highest BCUT2D eigenvalue weighted by atomic mass is 19.4. The Bertz CT molecular complexity index is 1050. The van der Waals surface area contributed by atoms with Gasteiger partial charge >= 0.3 is 6.18 Å². The van der Waals surface area contributed by atoms with Crippen LogP contribution in [0.1, 0.15) is 5.56 Å². The van der Waals surface area contributed by atoms with Crippen molar-refractivity contribution in [1.29, 1.82) is 0 Å². The van der Waals surface area contributed by atoms with Crippen LogP contribution in [0.4, 0.5) is 13.2 Å². The van der Waals surface area contributed by atoms with E-state index in [0.29, 0.717) is 5.56 Å². The van der Waals surface area contributed by atoms with Crippen LogP contribution in [0.3, 0.4) is 0 Å². The van der Waals surface area contributed by atoms with Gasteiger partial charge in [-0.15, -0.1) is 0 Å². The second kappa shape index (κ2) is 6.76. The smallest absolute Gasteiger partial charge is 0.300 e. The summed E-state index contributed by atoms with van der Waals surface area (Å²) in [6.45, 7) is 0. The third-order valence-electron chi connectivity index (χ3n) is 4.37. The van der Waals surface area contributed by atoms with Crippen LogP contribution in [-0.4, -0.2) is 9.55 Å². The molecule has 0 aliphatic heterocycles. The normalized spacial score (nSPS) is 11.5. The molecule has 0 unspecified atom stereocenters. The van der Waals surface area contributed by atoms with Crippen molar-refractivity contribution in [1.82, 2.24) is 9.55 Å². The zero-order valence-corrected chi connectivity index (χ0v) is 14.2. The first-order valence-electron chi connectivity index (χ1n) is 8.40. The molecule has 0 amide bonds. The first-order valence-corrected chi connectivity index (χ1v) is 8.40. The SMILES string of the molecule is FC(F)(F)c1ccc(-c2ccccc2-c2nccn2-c2ccccc2)cc1. The fourth-order valence-electron chi connectivity index (χ4n) is 3.07. The Kier molecular flexibility index (Phi) is 4.28. The van der Waals surface area contributed by atoms with Gasteiger partial charge in [0.15, 0.2) is 0 Å². The molecule has 0 radical (unpaired) electrons. The van der Waals surface area contributed by atoms with E-state index < -0.39 is 11.7 Å². The molecule has 0 bridgehead atoms. The first kappa shape index (κ1) is 17.1. The monoisotopic (exact) mass is 364 g/mol.